The highest BCUT2D eigenvalue weighted by molar-refractivity contribution is 7.89. The monoisotopic (exact) mass is 264 g/mol. The topological polar surface area (TPSA) is 67.4 Å². The summed E-state index contributed by atoms with van der Waals surface area (Å²) in [6.45, 7) is 8.67. The van der Waals surface area contributed by atoms with Crippen LogP contribution in [0.15, 0.2) is 0 Å². The average Bonchev–Trinajstić information content (AvgIpc) is 2.25. The van der Waals surface area contributed by atoms with Crippen LogP contribution in [0.2, 0.25) is 0 Å². The normalized spacial score (nSPS) is 22.6. The second-order valence-corrected chi connectivity index (χ2v) is 7.60. The second-order valence-electron chi connectivity index (χ2n) is 5.67. The minimum absolute atomic E-state index is 0.0393. The summed E-state index contributed by atoms with van der Waals surface area (Å²) in [5.74, 6) is 0.177. The van der Waals surface area contributed by atoms with Crippen molar-refractivity contribution in [1.29, 1.82) is 0 Å². The Hall–Kier alpha value is -0.170. The molecule has 0 saturated carbocycles. The van der Waals surface area contributed by atoms with Gasteiger partial charge >= 0.3 is 0 Å². The number of sulfonamides is 1. The van der Waals surface area contributed by atoms with E-state index in [1.807, 2.05) is 20.8 Å². The molecular weight excluding hydrogens is 240 g/mol. The van der Waals surface area contributed by atoms with Crippen molar-refractivity contribution in [2.24, 2.45) is 5.41 Å². The zero-order valence-corrected chi connectivity index (χ0v) is 11.8. The Morgan fingerprint density at radius 1 is 1.41 bits per heavy atom. The van der Waals surface area contributed by atoms with Gasteiger partial charge in [-0.2, -0.15) is 0 Å². The number of morpholine rings is 1. The maximum absolute atomic E-state index is 11.7. The van der Waals surface area contributed by atoms with Crippen LogP contribution in [0.5, 0.6) is 0 Å². The first-order valence-corrected chi connectivity index (χ1v) is 7.73. The van der Waals surface area contributed by atoms with E-state index >= 15 is 0 Å². The first kappa shape index (κ1) is 14.9. The summed E-state index contributed by atoms with van der Waals surface area (Å²) in [5.41, 5.74) is 0.0393. The molecule has 0 aromatic heterocycles. The minimum atomic E-state index is -3.17. The average molecular weight is 264 g/mol. The van der Waals surface area contributed by atoms with Crippen LogP contribution in [-0.4, -0.2) is 46.5 Å². The molecule has 0 aromatic rings. The lowest BCUT2D eigenvalue weighted by atomic mass is 9.94. The molecule has 17 heavy (non-hydrogen) atoms. The molecule has 1 saturated heterocycles. The van der Waals surface area contributed by atoms with Crippen molar-refractivity contribution in [3.63, 3.8) is 0 Å². The van der Waals surface area contributed by atoms with Crippen molar-refractivity contribution < 1.29 is 13.2 Å². The Bertz CT molecular complexity index is 316. The molecule has 0 radical (unpaired) electrons. The van der Waals surface area contributed by atoms with Gasteiger partial charge in [0.1, 0.15) is 0 Å². The molecule has 0 aromatic carbocycles. The molecule has 1 fully saturated rings. The van der Waals surface area contributed by atoms with Crippen molar-refractivity contribution in [1.82, 2.24) is 10.0 Å². The van der Waals surface area contributed by atoms with E-state index in [-0.39, 0.29) is 17.3 Å². The lowest BCUT2D eigenvalue weighted by Gasteiger charge is -2.24. The summed E-state index contributed by atoms with van der Waals surface area (Å²) in [5, 5.41) is 3.17. The van der Waals surface area contributed by atoms with Crippen LogP contribution in [0.25, 0.3) is 0 Å². The largest absolute Gasteiger partial charge is 0.374 e. The Labute approximate surface area is 104 Å². The number of nitrogens with one attached hydrogen (secondary N) is 2. The third kappa shape index (κ3) is 6.98. The molecule has 1 aliphatic heterocycles. The van der Waals surface area contributed by atoms with Gasteiger partial charge in [-0.1, -0.05) is 20.8 Å². The fraction of sp³-hybridized carbons (Fsp3) is 1.00. The van der Waals surface area contributed by atoms with Crippen molar-refractivity contribution >= 4 is 10.0 Å². The second kappa shape index (κ2) is 6.13. The van der Waals surface area contributed by atoms with E-state index in [0.29, 0.717) is 26.1 Å². The van der Waals surface area contributed by atoms with Crippen LogP contribution in [0.3, 0.4) is 0 Å². The van der Waals surface area contributed by atoms with Crippen molar-refractivity contribution in [3.05, 3.63) is 0 Å². The molecule has 1 aliphatic rings. The molecule has 0 spiro atoms. The zero-order chi connectivity index (χ0) is 12.9. The van der Waals surface area contributed by atoms with Gasteiger partial charge in [-0.05, 0) is 11.8 Å². The molecule has 1 atom stereocenters. The third-order valence-electron chi connectivity index (χ3n) is 2.66. The molecule has 0 bridgehead atoms. The van der Waals surface area contributed by atoms with E-state index in [1.54, 1.807) is 0 Å². The minimum Gasteiger partial charge on any atom is -0.374 e. The fourth-order valence-corrected chi connectivity index (χ4v) is 2.95. The van der Waals surface area contributed by atoms with E-state index in [2.05, 4.69) is 10.0 Å². The van der Waals surface area contributed by atoms with Crippen LogP contribution in [0.1, 0.15) is 27.2 Å². The van der Waals surface area contributed by atoms with Gasteiger partial charge < -0.3 is 10.1 Å². The molecule has 0 aliphatic carbocycles. The van der Waals surface area contributed by atoms with E-state index in [0.717, 1.165) is 6.54 Å². The smallest absolute Gasteiger partial charge is 0.211 e. The van der Waals surface area contributed by atoms with Gasteiger partial charge in [0.15, 0.2) is 0 Å². The van der Waals surface area contributed by atoms with Gasteiger partial charge in [0.2, 0.25) is 10.0 Å². The van der Waals surface area contributed by atoms with Gasteiger partial charge in [0.25, 0.3) is 0 Å². The van der Waals surface area contributed by atoms with Crippen molar-refractivity contribution in [3.8, 4) is 0 Å². The predicted octanol–water partition coefficient (Wildman–Crippen LogP) is 0.330. The molecule has 1 unspecified atom stereocenters. The number of ether oxygens (including phenoxy) is 1. The first-order chi connectivity index (χ1) is 7.79. The Balaban J connectivity index is 2.28. The highest BCUT2D eigenvalue weighted by atomic mass is 32.2. The zero-order valence-electron chi connectivity index (χ0n) is 11.0. The summed E-state index contributed by atoms with van der Waals surface area (Å²) in [6.07, 6.45) is 0.611. The standard InChI is InChI=1S/C11H24N2O3S/c1-11(2,3)4-7-17(14,15)13-9-10-8-12-5-6-16-10/h10,12-13H,4-9H2,1-3H3. The summed E-state index contributed by atoms with van der Waals surface area (Å²) < 4.78 is 31.5. The van der Waals surface area contributed by atoms with E-state index in [1.165, 1.54) is 0 Å². The number of hydrogen-bond acceptors (Lipinski definition) is 4. The molecule has 2 N–H and O–H groups in total. The number of hydrogen-bond donors (Lipinski definition) is 2. The number of rotatable bonds is 5. The van der Waals surface area contributed by atoms with Crippen LogP contribution < -0.4 is 10.0 Å². The predicted molar refractivity (Wildman–Crippen MR) is 68.5 cm³/mol. The lowest BCUT2D eigenvalue weighted by molar-refractivity contribution is 0.0324. The van der Waals surface area contributed by atoms with Crippen LogP contribution in [-0.2, 0) is 14.8 Å². The Morgan fingerprint density at radius 2 is 2.12 bits per heavy atom. The molecule has 1 rings (SSSR count). The lowest BCUT2D eigenvalue weighted by Crippen LogP contribution is -2.45. The summed E-state index contributed by atoms with van der Waals surface area (Å²) >= 11 is 0. The molecule has 1 heterocycles. The summed E-state index contributed by atoms with van der Waals surface area (Å²) in [7, 11) is -3.17. The van der Waals surface area contributed by atoms with Gasteiger partial charge in [0, 0.05) is 19.6 Å². The van der Waals surface area contributed by atoms with Crippen LogP contribution in [0.4, 0.5) is 0 Å². The van der Waals surface area contributed by atoms with E-state index in [4.69, 9.17) is 4.74 Å². The molecule has 5 nitrogen and oxygen atoms in total. The molecule has 102 valence electrons. The third-order valence-corrected chi connectivity index (χ3v) is 4.00. The fourth-order valence-electron chi connectivity index (χ4n) is 1.48. The highest BCUT2D eigenvalue weighted by Crippen LogP contribution is 2.18. The Morgan fingerprint density at radius 3 is 2.65 bits per heavy atom. The van der Waals surface area contributed by atoms with Crippen LogP contribution in [0, 0.1) is 5.41 Å². The maximum atomic E-state index is 11.7. The maximum Gasteiger partial charge on any atom is 0.211 e. The van der Waals surface area contributed by atoms with Crippen LogP contribution >= 0.6 is 0 Å². The van der Waals surface area contributed by atoms with Crippen molar-refractivity contribution in [2.75, 3.05) is 32.0 Å². The Kier molecular flexibility index (Phi) is 5.37. The van der Waals surface area contributed by atoms with Gasteiger partial charge in [-0.25, -0.2) is 13.1 Å². The van der Waals surface area contributed by atoms with Gasteiger partial charge in [0.05, 0.1) is 18.5 Å². The molecule has 0 amide bonds. The van der Waals surface area contributed by atoms with Gasteiger partial charge in [-0.3, -0.25) is 0 Å². The van der Waals surface area contributed by atoms with E-state index < -0.39 is 10.0 Å². The summed E-state index contributed by atoms with van der Waals surface area (Å²) in [6, 6.07) is 0. The summed E-state index contributed by atoms with van der Waals surface area (Å²) in [4.78, 5) is 0. The van der Waals surface area contributed by atoms with Gasteiger partial charge in [-0.15, -0.1) is 0 Å². The quantitative estimate of drug-likeness (QED) is 0.751. The van der Waals surface area contributed by atoms with E-state index in [9.17, 15) is 8.42 Å². The SMILES string of the molecule is CC(C)(C)CCS(=O)(=O)NCC1CNCCO1. The molecular formula is C11H24N2O3S. The first-order valence-electron chi connectivity index (χ1n) is 6.08. The highest BCUT2D eigenvalue weighted by Gasteiger charge is 2.20. The van der Waals surface area contributed by atoms with Crippen molar-refractivity contribution in [2.45, 2.75) is 33.3 Å². The molecule has 6 heteroatoms.